The molecule has 1 aromatic heterocycles. The molecule has 1 aliphatic heterocycles. The maximum atomic E-state index is 12.1. The summed E-state index contributed by atoms with van der Waals surface area (Å²) in [6, 6.07) is 0. The highest BCUT2D eigenvalue weighted by Gasteiger charge is 2.40. The van der Waals surface area contributed by atoms with Crippen LogP contribution in [-0.2, 0) is 13.6 Å². The van der Waals surface area contributed by atoms with E-state index < -0.39 is 34.1 Å². The lowest BCUT2D eigenvalue weighted by Gasteiger charge is -2.28. The van der Waals surface area contributed by atoms with Crippen LogP contribution in [0.5, 0.6) is 0 Å². The fraction of sp³-hybridized carbons (Fsp3) is 0.733. The van der Waals surface area contributed by atoms with Crippen molar-refractivity contribution in [2.24, 2.45) is 0 Å². The van der Waals surface area contributed by atoms with Gasteiger partial charge in [-0.3, -0.25) is 14.3 Å². The van der Waals surface area contributed by atoms with Crippen molar-refractivity contribution in [1.82, 2.24) is 9.55 Å². The first kappa shape index (κ1) is 20.8. The standard InChI is InChI=1S/C15H27BrN2O5Si2/c1-24(2,3)21-9-12-11(23-25(4,5)6)7-13(22-12)18-8-10(16)14(19)17-15(18)20/h8,11-13H,7,9H2,1-6H3,(H,17,19,20)/t11-,12+,13+/m0/s1. The fourth-order valence-electron chi connectivity index (χ4n) is 2.61. The molecular formula is C15H27BrN2O5Si2. The molecule has 0 aliphatic carbocycles. The van der Waals surface area contributed by atoms with Gasteiger partial charge < -0.3 is 13.6 Å². The van der Waals surface area contributed by atoms with Crippen LogP contribution in [0.3, 0.4) is 0 Å². The Bertz CT molecular complexity index is 722. The van der Waals surface area contributed by atoms with Gasteiger partial charge in [0.2, 0.25) is 0 Å². The molecule has 1 aromatic rings. The van der Waals surface area contributed by atoms with Crippen molar-refractivity contribution in [3.63, 3.8) is 0 Å². The van der Waals surface area contributed by atoms with Crippen LogP contribution in [0.4, 0.5) is 0 Å². The summed E-state index contributed by atoms with van der Waals surface area (Å²) in [7, 11) is -3.47. The van der Waals surface area contributed by atoms with Gasteiger partial charge in [-0.15, -0.1) is 0 Å². The molecule has 7 nitrogen and oxygen atoms in total. The van der Waals surface area contributed by atoms with E-state index in [-0.39, 0.29) is 12.2 Å². The Morgan fingerprint density at radius 2 is 1.88 bits per heavy atom. The largest absolute Gasteiger partial charge is 0.415 e. The second kappa shape index (κ2) is 7.61. The lowest BCUT2D eigenvalue weighted by Crippen LogP contribution is -2.40. The van der Waals surface area contributed by atoms with Crippen LogP contribution in [0.25, 0.3) is 0 Å². The molecule has 0 unspecified atom stereocenters. The van der Waals surface area contributed by atoms with Crippen LogP contribution in [0, 0.1) is 0 Å². The molecule has 1 fully saturated rings. The number of nitrogens with zero attached hydrogens (tertiary/aromatic N) is 1. The van der Waals surface area contributed by atoms with E-state index >= 15 is 0 Å². The van der Waals surface area contributed by atoms with Gasteiger partial charge in [0.05, 0.1) is 17.2 Å². The quantitative estimate of drug-likeness (QED) is 0.673. The van der Waals surface area contributed by atoms with Gasteiger partial charge in [-0.2, -0.15) is 0 Å². The van der Waals surface area contributed by atoms with E-state index in [1.54, 1.807) is 0 Å². The minimum atomic E-state index is -1.78. The highest BCUT2D eigenvalue weighted by Crippen LogP contribution is 2.32. The minimum absolute atomic E-state index is 0.134. The Hall–Kier alpha value is -0.526. The van der Waals surface area contributed by atoms with Gasteiger partial charge in [-0.25, -0.2) is 4.79 Å². The van der Waals surface area contributed by atoms with Crippen molar-refractivity contribution in [2.45, 2.75) is 64.1 Å². The number of H-pyrrole nitrogens is 1. The normalized spacial score (nSPS) is 24.7. The molecule has 142 valence electrons. The molecule has 10 heteroatoms. The lowest BCUT2D eigenvalue weighted by molar-refractivity contribution is -0.0397. The number of aromatic amines is 1. The zero-order valence-electron chi connectivity index (χ0n) is 15.6. The zero-order valence-corrected chi connectivity index (χ0v) is 19.2. The van der Waals surface area contributed by atoms with Crippen molar-refractivity contribution in [1.29, 1.82) is 0 Å². The Morgan fingerprint density at radius 1 is 1.24 bits per heavy atom. The highest BCUT2D eigenvalue weighted by molar-refractivity contribution is 9.10. The van der Waals surface area contributed by atoms with E-state index in [1.807, 2.05) is 0 Å². The van der Waals surface area contributed by atoms with Crippen LogP contribution in [0.1, 0.15) is 12.6 Å². The Kier molecular flexibility index (Phi) is 6.32. The monoisotopic (exact) mass is 450 g/mol. The van der Waals surface area contributed by atoms with Gasteiger partial charge in [0.1, 0.15) is 12.3 Å². The van der Waals surface area contributed by atoms with Crippen molar-refractivity contribution in [3.8, 4) is 0 Å². The van der Waals surface area contributed by atoms with Crippen molar-refractivity contribution in [3.05, 3.63) is 31.5 Å². The number of ether oxygens (including phenoxy) is 1. The van der Waals surface area contributed by atoms with Crippen LogP contribution in [0.2, 0.25) is 39.3 Å². The first-order chi connectivity index (χ1) is 11.4. The van der Waals surface area contributed by atoms with E-state index in [0.29, 0.717) is 17.5 Å². The number of rotatable bonds is 6. The Balaban J connectivity index is 2.23. The van der Waals surface area contributed by atoms with Crippen LogP contribution >= 0.6 is 15.9 Å². The number of hydrogen-bond acceptors (Lipinski definition) is 5. The van der Waals surface area contributed by atoms with E-state index in [0.717, 1.165) is 0 Å². The molecule has 1 saturated heterocycles. The van der Waals surface area contributed by atoms with Gasteiger partial charge >= 0.3 is 5.69 Å². The van der Waals surface area contributed by atoms with Crippen molar-refractivity contribution < 1.29 is 13.6 Å². The molecule has 1 N–H and O–H groups in total. The molecule has 0 amide bonds. The third kappa shape index (κ3) is 6.00. The molecule has 1 aliphatic rings. The molecule has 0 saturated carbocycles. The topological polar surface area (TPSA) is 82.5 Å². The molecule has 2 heterocycles. The third-order valence-corrected chi connectivity index (χ3v) is 6.21. The van der Waals surface area contributed by atoms with Gasteiger partial charge in [-0.1, -0.05) is 0 Å². The summed E-state index contributed by atoms with van der Waals surface area (Å²) in [5, 5.41) is 0. The average molecular weight is 451 g/mol. The molecule has 0 bridgehead atoms. The van der Waals surface area contributed by atoms with E-state index in [2.05, 4.69) is 60.2 Å². The molecule has 25 heavy (non-hydrogen) atoms. The van der Waals surface area contributed by atoms with E-state index in [9.17, 15) is 9.59 Å². The summed E-state index contributed by atoms with van der Waals surface area (Å²) in [5.74, 6) is 0. The fourth-order valence-corrected chi connectivity index (χ4v) is 4.75. The average Bonchev–Trinajstić information content (AvgIpc) is 2.80. The highest BCUT2D eigenvalue weighted by atomic mass is 79.9. The second-order valence-corrected chi connectivity index (χ2v) is 18.0. The van der Waals surface area contributed by atoms with Gasteiger partial charge in [-0.05, 0) is 55.2 Å². The molecule has 2 rings (SSSR count). The number of nitrogens with one attached hydrogen (secondary N) is 1. The third-order valence-electron chi connectivity index (χ3n) is 3.60. The lowest BCUT2D eigenvalue weighted by atomic mass is 10.2. The summed E-state index contributed by atoms with van der Waals surface area (Å²) < 4.78 is 20.1. The minimum Gasteiger partial charge on any atom is -0.415 e. The maximum Gasteiger partial charge on any atom is 0.330 e. The number of aromatic nitrogens is 2. The van der Waals surface area contributed by atoms with Crippen LogP contribution in [0.15, 0.2) is 20.3 Å². The predicted octanol–water partition coefficient (Wildman–Crippen LogP) is 2.66. The first-order valence-corrected chi connectivity index (χ1v) is 15.9. The van der Waals surface area contributed by atoms with Gasteiger partial charge in [0.15, 0.2) is 16.6 Å². The summed E-state index contributed by atoms with van der Waals surface area (Å²) in [6.07, 6.45) is 1.16. The van der Waals surface area contributed by atoms with Gasteiger partial charge in [0.25, 0.3) is 5.56 Å². The van der Waals surface area contributed by atoms with Crippen molar-refractivity contribution in [2.75, 3.05) is 6.61 Å². The molecule has 0 aromatic carbocycles. The van der Waals surface area contributed by atoms with Crippen LogP contribution < -0.4 is 11.2 Å². The number of halogens is 1. The second-order valence-electron chi connectivity index (χ2n) is 8.20. The van der Waals surface area contributed by atoms with E-state index in [4.69, 9.17) is 13.6 Å². The summed E-state index contributed by atoms with van der Waals surface area (Å²) in [6.45, 7) is 13.2. The van der Waals surface area contributed by atoms with Crippen molar-refractivity contribution >= 4 is 32.6 Å². The molecule has 0 radical (unpaired) electrons. The summed E-state index contributed by atoms with van der Waals surface area (Å²) in [4.78, 5) is 26.0. The maximum absolute atomic E-state index is 12.1. The summed E-state index contributed by atoms with van der Waals surface area (Å²) in [5.41, 5.74) is -0.940. The molecule has 3 atom stereocenters. The molecule has 0 spiro atoms. The zero-order chi connectivity index (χ0) is 19.0. The predicted molar refractivity (Wildman–Crippen MR) is 105 cm³/mol. The smallest absolute Gasteiger partial charge is 0.330 e. The Labute approximate surface area is 158 Å². The van der Waals surface area contributed by atoms with Crippen LogP contribution in [-0.4, -0.2) is 45.0 Å². The van der Waals surface area contributed by atoms with E-state index in [1.165, 1.54) is 10.8 Å². The Morgan fingerprint density at radius 3 is 2.44 bits per heavy atom. The number of hydrogen-bond donors (Lipinski definition) is 1. The van der Waals surface area contributed by atoms with Gasteiger partial charge in [0, 0.05) is 12.6 Å². The summed E-state index contributed by atoms with van der Waals surface area (Å²) >= 11 is 3.16. The molecular weight excluding hydrogens is 424 g/mol. The SMILES string of the molecule is C[Si](C)(C)OC[C@H]1O[C@@H](n2cc(Br)c(=O)[nH]c2=O)C[C@@H]1O[Si](C)(C)C. The first-order valence-electron chi connectivity index (χ1n) is 8.34.